The molecule has 15 heavy (non-hydrogen) atoms. The van der Waals surface area contributed by atoms with E-state index in [1.807, 2.05) is 0 Å². The fourth-order valence-corrected chi connectivity index (χ4v) is 0.995. The molecule has 0 spiro atoms. The van der Waals surface area contributed by atoms with E-state index < -0.39 is 23.7 Å². The van der Waals surface area contributed by atoms with Crippen LogP contribution in [0.5, 0.6) is 0 Å². The van der Waals surface area contributed by atoms with Crippen LogP contribution in [-0.4, -0.2) is 28.8 Å². The van der Waals surface area contributed by atoms with Gasteiger partial charge in [0.15, 0.2) is 0 Å². The van der Waals surface area contributed by atoms with Crippen molar-refractivity contribution in [2.24, 2.45) is 5.73 Å². The summed E-state index contributed by atoms with van der Waals surface area (Å²) in [4.78, 5) is 11.4. The van der Waals surface area contributed by atoms with E-state index in [0.717, 1.165) is 0 Å². The Hall–Kier alpha value is -0.870. The van der Waals surface area contributed by atoms with Crippen LogP contribution in [-0.2, 0) is 9.53 Å². The quantitative estimate of drug-likeness (QED) is 0.529. The molecular formula is C11H21NO3. The van der Waals surface area contributed by atoms with Gasteiger partial charge < -0.3 is 15.6 Å². The van der Waals surface area contributed by atoms with Crippen LogP contribution in [0.25, 0.3) is 0 Å². The minimum absolute atomic E-state index is 0.421. The van der Waals surface area contributed by atoms with E-state index >= 15 is 0 Å². The van der Waals surface area contributed by atoms with Crippen LogP contribution in [0.2, 0.25) is 0 Å². The largest absolute Gasteiger partial charge is 0.459 e. The number of hydrogen-bond donors (Lipinski definition) is 2. The summed E-state index contributed by atoms with van der Waals surface area (Å²) in [5, 5.41) is 9.54. The molecule has 0 aliphatic carbocycles. The Morgan fingerprint density at radius 2 is 2.13 bits per heavy atom. The fourth-order valence-electron chi connectivity index (χ4n) is 0.995. The Labute approximate surface area is 91.1 Å². The second-order valence-corrected chi connectivity index (χ2v) is 4.49. The monoisotopic (exact) mass is 215 g/mol. The van der Waals surface area contributed by atoms with Crippen LogP contribution in [0.4, 0.5) is 0 Å². The smallest absolute Gasteiger partial charge is 0.326 e. The molecule has 88 valence electrons. The van der Waals surface area contributed by atoms with Crippen molar-refractivity contribution in [3.05, 3.63) is 12.7 Å². The summed E-state index contributed by atoms with van der Waals surface area (Å²) in [7, 11) is 0. The van der Waals surface area contributed by atoms with Crippen LogP contribution in [0, 0.1) is 0 Å². The first-order valence-corrected chi connectivity index (χ1v) is 5.05. The maximum absolute atomic E-state index is 11.4. The number of rotatable bonds is 5. The van der Waals surface area contributed by atoms with Gasteiger partial charge in [-0.25, -0.2) is 0 Å². The van der Waals surface area contributed by atoms with Crippen LogP contribution >= 0.6 is 0 Å². The Morgan fingerprint density at radius 3 is 2.53 bits per heavy atom. The zero-order valence-corrected chi connectivity index (χ0v) is 9.69. The topological polar surface area (TPSA) is 72.5 Å². The summed E-state index contributed by atoms with van der Waals surface area (Å²) < 4.78 is 5.05. The van der Waals surface area contributed by atoms with E-state index in [-0.39, 0.29) is 0 Å². The number of carbonyl (C=O) groups is 1. The van der Waals surface area contributed by atoms with E-state index in [1.54, 1.807) is 26.8 Å². The summed E-state index contributed by atoms with van der Waals surface area (Å²) in [6.07, 6.45) is 1.84. The molecule has 3 N–H and O–H groups in total. The minimum atomic E-state index is -0.982. The zero-order valence-electron chi connectivity index (χ0n) is 9.69. The summed E-state index contributed by atoms with van der Waals surface area (Å²) in [5.41, 5.74) is 4.97. The van der Waals surface area contributed by atoms with Crippen LogP contribution in [0.15, 0.2) is 12.7 Å². The molecule has 0 saturated heterocycles. The van der Waals surface area contributed by atoms with Gasteiger partial charge in [-0.2, -0.15) is 0 Å². The first-order chi connectivity index (χ1) is 6.78. The SMILES string of the molecule is C=CCC[C@H](O)[C@@H](N)C(=O)OC(C)(C)C. The Morgan fingerprint density at radius 1 is 1.60 bits per heavy atom. The number of aliphatic hydroxyl groups is 1. The van der Waals surface area contributed by atoms with Gasteiger partial charge >= 0.3 is 5.97 Å². The lowest BCUT2D eigenvalue weighted by Crippen LogP contribution is -2.45. The van der Waals surface area contributed by atoms with Crippen molar-refractivity contribution in [1.29, 1.82) is 0 Å². The van der Waals surface area contributed by atoms with E-state index in [9.17, 15) is 9.90 Å². The molecule has 0 aromatic heterocycles. The van der Waals surface area contributed by atoms with E-state index in [0.29, 0.717) is 12.8 Å². The predicted octanol–water partition coefficient (Wildman–Crippen LogP) is 0.982. The van der Waals surface area contributed by atoms with Gasteiger partial charge in [0.2, 0.25) is 0 Å². The summed E-state index contributed by atoms with van der Waals surface area (Å²) in [6.45, 7) is 8.80. The zero-order chi connectivity index (χ0) is 12.1. The van der Waals surface area contributed by atoms with Crippen LogP contribution in [0.3, 0.4) is 0 Å². The van der Waals surface area contributed by atoms with Gasteiger partial charge in [0.1, 0.15) is 11.6 Å². The molecule has 4 nitrogen and oxygen atoms in total. The molecule has 0 rings (SSSR count). The average Bonchev–Trinajstić information content (AvgIpc) is 2.10. The first kappa shape index (κ1) is 14.1. The van der Waals surface area contributed by atoms with Crippen molar-refractivity contribution in [3.8, 4) is 0 Å². The third-order valence-electron chi connectivity index (χ3n) is 1.76. The second kappa shape index (κ2) is 5.88. The second-order valence-electron chi connectivity index (χ2n) is 4.49. The highest BCUT2D eigenvalue weighted by molar-refractivity contribution is 5.76. The number of nitrogens with two attached hydrogens (primary N) is 1. The predicted molar refractivity (Wildman–Crippen MR) is 59.3 cm³/mol. The van der Waals surface area contributed by atoms with Gasteiger partial charge in [-0.05, 0) is 33.6 Å². The van der Waals surface area contributed by atoms with Crippen molar-refractivity contribution < 1.29 is 14.6 Å². The molecule has 0 fully saturated rings. The van der Waals surface area contributed by atoms with E-state index in [1.165, 1.54) is 0 Å². The molecule has 0 aliphatic heterocycles. The van der Waals surface area contributed by atoms with Crippen molar-refractivity contribution in [2.75, 3.05) is 0 Å². The first-order valence-electron chi connectivity index (χ1n) is 5.05. The lowest BCUT2D eigenvalue weighted by Gasteiger charge is -2.24. The Bertz CT molecular complexity index is 220. The van der Waals surface area contributed by atoms with Gasteiger partial charge in [-0.1, -0.05) is 6.08 Å². The summed E-state index contributed by atoms with van der Waals surface area (Å²) in [6, 6.07) is -0.982. The lowest BCUT2D eigenvalue weighted by molar-refractivity contribution is -0.159. The minimum Gasteiger partial charge on any atom is -0.459 e. The van der Waals surface area contributed by atoms with Crippen molar-refractivity contribution >= 4 is 5.97 Å². The lowest BCUT2D eigenvalue weighted by atomic mass is 10.1. The van der Waals surface area contributed by atoms with Gasteiger partial charge in [0.25, 0.3) is 0 Å². The molecule has 2 atom stereocenters. The number of allylic oxidation sites excluding steroid dienone is 1. The summed E-state index contributed by atoms with van der Waals surface area (Å²) in [5.74, 6) is -0.570. The van der Waals surface area contributed by atoms with Crippen molar-refractivity contribution in [1.82, 2.24) is 0 Å². The van der Waals surface area contributed by atoms with Crippen molar-refractivity contribution in [3.63, 3.8) is 0 Å². The standard InChI is InChI=1S/C11H21NO3/c1-5-6-7-8(13)9(12)10(14)15-11(2,3)4/h5,8-9,13H,1,6-7,12H2,2-4H3/t8-,9+/m0/s1. The third kappa shape index (κ3) is 6.25. The van der Waals surface area contributed by atoms with Crippen LogP contribution in [0.1, 0.15) is 33.6 Å². The normalized spacial score (nSPS) is 15.5. The molecule has 0 saturated carbocycles. The van der Waals surface area contributed by atoms with Crippen LogP contribution < -0.4 is 5.73 Å². The summed E-state index contributed by atoms with van der Waals surface area (Å²) >= 11 is 0. The van der Waals surface area contributed by atoms with Gasteiger partial charge in [0.05, 0.1) is 6.10 Å². The molecule has 0 heterocycles. The Kier molecular flexibility index (Phi) is 5.54. The van der Waals surface area contributed by atoms with E-state index in [4.69, 9.17) is 10.5 Å². The average molecular weight is 215 g/mol. The molecule has 0 aliphatic rings. The van der Waals surface area contributed by atoms with Gasteiger partial charge in [0, 0.05) is 0 Å². The molecule has 0 aromatic rings. The highest BCUT2D eigenvalue weighted by atomic mass is 16.6. The van der Waals surface area contributed by atoms with Gasteiger partial charge in [-0.3, -0.25) is 4.79 Å². The van der Waals surface area contributed by atoms with Crippen molar-refractivity contribution in [2.45, 2.75) is 51.4 Å². The molecule has 0 radical (unpaired) electrons. The highest BCUT2D eigenvalue weighted by Gasteiger charge is 2.27. The highest BCUT2D eigenvalue weighted by Crippen LogP contribution is 2.10. The molecule has 4 heteroatoms. The maximum atomic E-state index is 11.4. The number of aliphatic hydroxyl groups excluding tert-OH is 1. The maximum Gasteiger partial charge on any atom is 0.326 e. The van der Waals surface area contributed by atoms with Gasteiger partial charge in [-0.15, -0.1) is 6.58 Å². The molecule has 0 bridgehead atoms. The number of carbonyl (C=O) groups excluding carboxylic acids is 1. The number of ether oxygens (including phenoxy) is 1. The molecule has 0 unspecified atom stereocenters. The molecule has 0 amide bonds. The molecular weight excluding hydrogens is 194 g/mol. The number of hydrogen-bond acceptors (Lipinski definition) is 4. The Balaban J connectivity index is 4.13. The number of esters is 1. The third-order valence-corrected chi connectivity index (χ3v) is 1.76. The fraction of sp³-hybridized carbons (Fsp3) is 0.727. The van der Waals surface area contributed by atoms with E-state index in [2.05, 4.69) is 6.58 Å². The molecule has 0 aromatic carbocycles.